The zero-order chi connectivity index (χ0) is 9.14. The van der Waals surface area contributed by atoms with Gasteiger partial charge in [-0.2, -0.15) is 0 Å². The largest absolute Gasteiger partial charge is 0.298 e. The van der Waals surface area contributed by atoms with Crippen LogP contribution in [0.3, 0.4) is 0 Å². The number of ketones is 1. The van der Waals surface area contributed by atoms with Crippen LogP contribution >= 0.6 is 27.5 Å². The molecule has 0 bridgehead atoms. The third kappa shape index (κ3) is 2.32. The number of hydrogen-bond donors (Lipinski definition) is 0. The standard InChI is InChI=1S/C9H8BrClO/c1-6(12)9(10)7-3-2-4-8(11)5-7/h2-5,9H,1H3. The Hall–Kier alpha value is -0.340. The van der Waals surface area contributed by atoms with E-state index in [4.69, 9.17) is 11.6 Å². The van der Waals surface area contributed by atoms with Crippen molar-refractivity contribution in [2.24, 2.45) is 0 Å². The summed E-state index contributed by atoms with van der Waals surface area (Å²) in [4.78, 5) is 10.7. The maximum Gasteiger partial charge on any atom is 0.147 e. The molecular weight excluding hydrogens is 239 g/mol. The number of rotatable bonds is 2. The van der Waals surface area contributed by atoms with Gasteiger partial charge in [0.2, 0.25) is 0 Å². The summed E-state index contributed by atoms with van der Waals surface area (Å²) in [7, 11) is 0. The van der Waals surface area contributed by atoms with Crippen molar-refractivity contribution in [1.82, 2.24) is 0 Å². The zero-order valence-corrected chi connectivity index (χ0v) is 8.89. The Labute approximate surface area is 84.9 Å². The summed E-state index contributed by atoms with van der Waals surface area (Å²) in [5.74, 6) is 0.0808. The van der Waals surface area contributed by atoms with Crippen LogP contribution in [-0.2, 0) is 4.79 Å². The van der Waals surface area contributed by atoms with E-state index in [1.807, 2.05) is 12.1 Å². The highest BCUT2D eigenvalue weighted by atomic mass is 79.9. The van der Waals surface area contributed by atoms with E-state index in [0.717, 1.165) is 5.56 Å². The molecule has 12 heavy (non-hydrogen) atoms. The average molecular weight is 248 g/mol. The summed E-state index contributed by atoms with van der Waals surface area (Å²) < 4.78 is 0. The molecule has 1 atom stereocenters. The first-order chi connectivity index (χ1) is 5.61. The Kier molecular flexibility index (Phi) is 3.29. The summed E-state index contributed by atoms with van der Waals surface area (Å²) in [5.41, 5.74) is 0.898. The molecule has 0 aromatic heterocycles. The second-order valence-electron chi connectivity index (χ2n) is 2.53. The minimum Gasteiger partial charge on any atom is -0.298 e. The molecule has 1 aromatic rings. The van der Waals surface area contributed by atoms with Crippen molar-refractivity contribution in [3.63, 3.8) is 0 Å². The summed E-state index contributed by atoms with van der Waals surface area (Å²) in [6.07, 6.45) is 0. The first kappa shape index (κ1) is 9.75. The molecule has 1 rings (SSSR count). The lowest BCUT2D eigenvalue weighted by atomic mass is 10.1. The fraction of sp³-hybridized carbons (Fsp3) is 0.222. The van der Waals surface area contributed by atoms with Crippen molar-refractivity contribution in [1.29, 1.82) is 0 Å². The van der Waals surface area contributed by atoms with E-state index in [1.165, 1.54) is 0 Å². The van der Waals surface area contributed by atoms with Gasteiger partial charge in [-0.3, -0.25) is 4.79 Å². The summed E-state index contributed by atoms with van der Waals surface area (Å²) in [5, 5.41) is 0.651. The van der Waals surface area contributed by atoms with Gasteiger partial charge >= 0.3 is 0 Å². The summed E-state index contributed by atoms with van der Waals surface area (Å²) >= 11 is 9.04. The fourth-order valence-electron chi connectivity index (χ4n) is 0.899. The molecule has 0 saturated heterocycles. The zero-order valence-electron chi connectivity index (χ0n) is 6.55. The van der Waals surface area contributed by atoms with Crippen LogP contribution in [0.1, 0.15) is 17.3 Å². The van der Waals surface area contributed by atoms with Gasteiger partial charge in [0.1, 0.15) is 5.78 Å². The second kappa shape index (κ2) is 4.06. The van der Waals surface area contributed by atoms with Gasteiger partial charge in [-0.15, -0.1) is 0 Å². The Bertz CT molecular complexity index is 298. The van der Waals surface area contributed by atoms with E-state index in [2.05, 4.69) is 15.9 Å². The Morgan fingerprint density at radius 1 is 1.58 bits per heavy atom. The molecule has 0 aliphatic heterocycles. The molecule has 1 aromatic carbocycles. The van der Waals surface area contributed by atoms with Gasteiger partial charge in [0.05, 0.1) is 4.83 Å². The van der Waals surface area contributed by atoms with Crippen LogP contribution < -0.4 is 0 Å². The molecule has 0 aliphatic rings. The number of halogens is 2. The van der Waals surface area contributed by atoms with Gasteiger partial charge in [0, 0.05) is 5.02 Å². The van der Waals surface area contributed by atoms with E-state index >= 15 is 0 Å². The molecule has 0 aliphatic carbocycles. The predicted molar refractivity (Wildman–Crippen MR) is 53.8 cm³/mol. The SMILES string of the molecule is CC(=O)C(Br)c1cccc(Cl)c1. The maximum atomic E-state index is 11.0. The van der Waals surface area contributed by atoms with E-state index in [1.54, 1.807) is 19.1 Å². The van der Waals surface area contributed by atoms with Gasteiger partial charge in [0.15, 0.2) is 0 Å². The molecular formula is C9H8BrClO. The number of alkyl halides is 1. The van der Waals surface area contributed by atoms with Crippen molar-refractivity contribution in [3.05, 3.63) is 34.9 Å². The molecule has 0 fully saturated rings. The highest BCUT2D eigenvalue weighted by molar-refractivity contribution is 9.09. The van der Waals surface area contributed by atoms with Crippen molar-refractivity contribution >= 4 is 33.3 Å². The average Bonchev–Trinajstić information content (AvgIpc) is 2.03. The molecule has 64 valence electrons. The smallest absolute Gasteiger partial charge is 0.147 e. The van der Waals surface area contributed by atoms with Crippen LogP contribution in [0.5, 0.6) is 0 Å². The molecule has 3 heteroatoms. The van der Waals surface area contributed by atoms with Crippen LogP contribution in [0.25, 0.3) is 0 Å². The molecule has 1 unspecified atom stereocenters. The third-order valence-corrected chi connectivity index (χ3v) is 2.91. The van der Waals surface area contributed by atoms with Gasteiger partial charge < -0.3 is 0 Å². The topological polar surface area (TPSA) is 17.1 Å². The minimum atomic E-state index is -0.240. The van der Waals surface area contributed by atoms with Crippen LogP contribution in [0.15, 0.2) is 24.3 Å². The lowest BCUT2D eigenvalue weighted by Crippen LogP contribution is -2.00. The van der Waals surface area contributed by atoms with Crippen LogP contribution in [0.2, 0.25) is 5.02 Å². The normalized spacial score (nSPS) is 12.6. The maximum absolute atomic E-state index is 11.0. The third-order valence-electron chi connectivity index (χ3n) is 1.50. The molecule has 0 saturated carbocycles. The molecule has 0 N–H and O–H groups in total. The van der Waals surface area contributed by atoms with Crippen molar-refractivity contribution in [3.8, 4) is 0 Å². The Morgan fingerprint density at radius 3 is 2.75 bits per heavy atom. The summed E-state index contributed by atoms with van der Waals surface area (Å²) in [6.45, 7) is 1.54. The van der Waals surface area contributed by atoms with E-state index in [9.17, 15) is 4.79 Å². The number of carbonyl (C=O) groups excluding carboxylic acids is 1. The molecule has 0 radical (unpaired) electrons. The van der Waals surface area contributed by atoms with Gasteiger partial charge in [-0.25, -0.2) is 0 Å². The molecule has 0 spiro atoms. The van der Waals surface area contributed by atoms with E-state index in [-0.39, 0.29) is 10.6 Å². The second-order valence-corrected chi connectivity index (χ2v) is 3.88. The quantitative estimate of drug-likeness (QED) is 0.733. The van der Waals surface area contributed by atoms with Crippen molar-refractivity contribution in [2.45, 2.75) is 11.8 Å². The predicted octanol–water partition coefficient (Wildman–Crippen LogP) is 3.37. The number of carbonyl (C=O) groups is 1. The summed E-state index contributed by atoms with van der Waals surface area (Å²) in [6, 6.07) is 7.26. The first-order valence-electron chi connectivity index (χ1n) is 3.51. The number of benzene rings is 1. The van der Waals surface area contributed by atoms with Gasteiger partial charge in [-0.05, 0) is 24.6 Å². The van der Waals surface area contributed by atoms with E-state index in [0.29, 0.717) is 5.02 Å². The molecule has 0 amide bonds. The first-order valence-corrected chi connectivity index (χ1v) is 4.80. The lowest BCUT2D eigenvalue weighted by molar-refractivity contribution is -0.116. The Balaban J connectivity index is 2.95. The molecule has 0 heterocycles. The van der Waals surface area contributed by atoms with Crippen molar-refractivity contribution < 1.29 is 4.79 Å². The minimum absolute atomic E-state index is 0.0808. The van der Waals surface area contributed by atoms with Crippen LogP contribution in [0, 0.1) is 0 Å². The van der Waals surface area contributed by atoms with Gasteiger partial charge in [0.25, 0.3) is 0 Å². The Morgan fingerprint density at radius 2 is 2.25 bits per heavy atom. The lowest BCUT2D eigenvalue weighted by Gasteiger charge is -2.05. The van der Waals surface area contributed by atoms with Crippen molar-refractivity contribution in [2.75, 3.05) is 0 Å². The fourth-order valence-corrected chi connectivity index (χ4v) is 1.38. The van der Waals surface area contributed by atoms with Crippen LogP contribution in [-0.4, -0.2) is 5.78 Å². The number of Topliss-reactive ketones (excluding diaryl/α,β-unsaturated/α-hetero) is 1. The van der Waals surface area contributed by atoms with Crippen LogP contribution in [0.4, 0.5) is 0 Å². The monoisotopic (exact) mass is 246 g/mol. The van der Waals surface area contributed by atoms with Gasteiger partial charge in [-0.1, -0.05) is 39.7 Å². The number of hydrogen-bond acceptors (Lipinski definition) is 1. The highest BCUT2D eigenvalue weighted by Gasteiger charge is 2.11. The molecule has 1 nitrogen and oxygen atoms in total. The van der Waals surface area contributed by atoms with E-state index < -0.39 is 0 Å². The highest BCUT2D eigenvalue weighted by Crippen LogP contribution is 2.25.